The number of carbonyl (C=O) groups excluding carboxylic acids is 2. The summed E-state index contributed by atoms with van der Waals surface area (Å²) in [7, 11) is 0. The van der Waals surface area contributed by atoms with Gasteiger partial charge < -0.3 is 14.6 Å². The first kappa shape index (κ1) is 19.6. The molecule has 0 bridgehead atoms. The Bertz CT molecular complexity index is 1020. The van der Waals surface area contributed by atoms with Gasteiger partial charge in [0.25, 0.3) is 5.91 Å². The van der Waals surface area contributed by atoms with Gasteiger partial charge in [0, 0.05) is 16.8 Å². The van der Waals surface area contributed by atoms with Crippen LogP contribution in [0, 0.1) is 5.92 Å². The van der Waals surface area contributed by atoms with Gasteiger partial charge in [0.05, 0.1) is 11.0 Å². The molecular formula is C22H24N2O4. The van der Waals surface area contributed by atoms with Crippen molar-refractivity contribution in [3.8, 4) is 0 Å². The van der Waals surface area contributed by atoms with E-state index in [1.807, 2.05) is 32.9 Å². The van der Waals surface area contributed by atoms with Crippen LogP contribution in [0.1, 0.15) is 20.8 Å². The number of carbonyl (C=O) groups is 2. The minimum atomic E-state index is -0.536. The average Bonchev–Trinajstić information content (AvgIpc) is 2.69. The van der Waals surface area contributed by atoms with E-state index in [0.717, 1.165) is 0 Å². The minimum absolute atomic E-state index is 0.00179. The van der Waals surface area contributed by atoms with Gasteiger partial charge in [-0.15, -0.1) is 0 Å². The number of nitrogens with one attached hydrogen (secondary N) is 1. The highest BCUT2D eigenvalue weighted by Crippen LogP contribution is 2.19. The second-order valence-electron chi connectivity index (χ2n) is 7.21. The number of para-hydroxylation sites is 2. The first-order chi connectivity index (χ1) is 13.4. The molecule has 1 heterocycles. The van der Waals surface area contributed by atoms with Gasteiger partial charge in [-0.3, -0.25) is 14.4 Å². The molecule has 2 aromatic carbocycles. The second kappa shape index (κ2) is 8.25. The molecule has 6 heteroatoms. The summed E-state index contributed by atoms with van der Waals surface area (Å²) in [5.74, 6) is -0.575. The number of benzene rings is 2. The number of fused-ring (bicyclic) bond motifs is 2. The fourth-order valence-corrected chi connectivity index (χ4v) is 3.03. The van der Waals surface area contributed by atoms with Crippen molar-refractivity contribution in [1.82, 2.24) is 9.88 Å². The van der Waals surface area contributed by atoms with E-state index in [1.165, 1.54) is 0 Å². The predicted molar refractivity (Wildman–Crippen MR) is 109 cm³/mol. The van der Waals surface area contributed by atoms with E-state index in [4.69, 9.17) is 4.74 Å². The molecule has 0 spiro atoms. The molecule has 0 saturated heterocycles. The fraction of sp³-hybridized carbons (Fsp3) is 0.318. The lowest BCUT2D eigenvalue weighted by molar-refractivity contribution is -0.149. The molecule has 0 saturated carbocycles. The highest BCUT2D eigenvalue weighted by atomic mass is 16.5. The molecule has 1 atom stereocenters. The van der Waals surface area contributed by atoms with Crippen molar-refractivity contribution in [3.05, 3.63) is 58.8 Å². The summed E-state index contributed by atoms with van der Waals surface area (Å²) < 4.78 is 6.92. The van der Waals surface area contributed by atoms with Crippen LogP contribution in [0.3, 0.4) is 0 Å². The smallest absolute Gasteiger partial charge is 0.326 e. The Morgan fingerprint density at radius 3 is 2.04 bits per heavy atom. The van der Waals surface area contributed by atoms with Crippen molar-refractivity contribution in [2.24, 2.45) is 5.92 Å². The van der Waals surface area contributed by atoms with Gasteiger partial charge in [-0.05, 0) is 37.1 Å². The maximum Gasteiger partial charge on any atom is 0.326 e. The van der Waals surface area contributed by atoms with Crippen molar-refractivity contribution in [1.29, 1.82) is 0 Å². The summed E-state index contributed by atoms with van der Waals surface area (Å²) in [6.45, 7) is 5.50. The van der Waals surface area contributed by atoms with Crippen molar-refractivity contribution >= 4 is 33.7 Å². The minimum Gasteiger partial charge on any atom is -0.454 e. The fourth-order valence-electron chi connectivity index (χ4n) is 3.03. The van der Waals surface area contributed by atoms with Crippen molar-refractivity contribution in [2.75, 3.05) is 6.61 Å². The molecule has 146 valence electrons. The lowest BCUT2D eigenvalue weighted by Gasteiger charge is -2.18. The van der Waals surface area contributed by atoms with E-state index in [9.17, 15) is 14.4 Å². The van der Waals surface area contributed by atoms with Crippen molar-refractivity contribution < 1.29 is 14.3 Å². The van der Waals surface area contributed by atoms with Gasteiger partial charge >= 0.3 is 5.97 Å². The van der Waals surface area contributed by atoms with Crippen LogP contribution >= 0.6 is 0 Å². The lowest BCUT2D eigenvalue weighted by Crippen LogP contribution is -2.39. The molecule has 1 amide bonds. The highest BCUT2D eigenvalue weighted by molar-refractivity contribution is 5.94. The Hall–Kier alpha value is -3.15. The van der Waals surface area contributed by atoms with Crippen LogP contribution in [-0.4, -0.2) is 29.1 Å². The summed E-state index contributed by atoms with van der Waals surface area (Å²) in [6.07, 6.45) is 0. The maximum absolute atomic E-state index is 12.7. The number of nitrogens with zero attached hydrogens (tertiary/aromatic N) is 1. The number of ether oxygens (including phenoxy) is 1. The zero-order chi connectivity index (χ0) is 20.3. The number of hydrogen-bond donors (Lipinski definition) is 1. The number of esters is 1. The first-order valence-corrected chi connectivity index (χ1v) is 9.33. The number of aromatic nitrogens is 1. The largest absolute Gasteiger partial charge is 0.454 e. The van der Waals surface area contributed by atoms with E-state index >= 15 is 0 Å². The van der Waals surface area contributed by atoms with E-state index < -0.39 is 5.97 Å². The second-order valence-corrected chi connectivity index (χ2v) is 7.21. The molecule has 0 aliphatic rings. The Balaban J connectivity index is 1.83. The van der Waals surface area contributed by atoms with Gasteiger partial charge in [0.2, 0.25) is 0 Å². The molecule has 1 aromatic heterocycles. The molecule has 1 unspecified atom stereocenters. The maximum atomic E-state index is 12.7. The number of rotatable bonds is 6. The molecule has 3 aromatic rings. The van der Waals surface area contributed by atoms with Crippen LogP contribution < -0.4 is 10.7 Å². The Morgan fingerprint density at radius 2 is 1.50 bits per heavy atom. The van der Waals surface area contributed by atoms with Gasteiger partial charge in [0.1, 0.15) is 6.54 Å². The summed E-state index contributed by atoms with van der Waals surface area (Å²) in [5.41, 5.74) is 1.24. The van der Waals surface area contributed by atoms with Crippen LogP contribution in [-0.2, 0) is 20.9 Å². The third kappa shape index (κ3) is 4.06. The van der Waals surface area contributed by atoms with Crippen molar-refractivity contribution in [2.45, 2.75) is 33.4 Å². The Kier molecular flexibility index (Phi) is 5.78. The summed E-state index contributed by atoms with van der Waals surface area (Å²) in [6, 6.07) is 14.3. The van der Waals surface area contributed by atoms with E-state index in [-0.39, 0.29) is 30.5 Å². The molecule has 1 N–H and O–H groups in total. The van der Waals surface area contributed by atoms with Crippen LogP contribution in [0.25, 0.3) is 21.8 Å². The van der Waals surface area contributed by atoms with E-state index in [1.54, 1.807) is 41.0 Å². The summed E-state index contributed by atoms with van der Waals surface area (Å²) >= 11 is 0. The molecule has 6 nitrogen and oxygen atoms in total. The summed E-state index contributed by atoms with van der Waals surface area (Å²) in [4.78, 5) is 37.1. The topological polar surface area (TPSA) is 77.4 Å². The normalized spacial score (nSPS) is 12.3. The zero-order valence-electron chi connectivity index (χ0n) is 16.3. The highest BCUT2D eigenvalue weighted by Gasteiger charge is 2.16. The standard InChI is InChI=1S/C22H24N2O4/c1-14(2)15(3)23-20(25)13-28-21(26)12-24-18-10-6-4-8-16(18)22(27)17-9-5-7-11-19(17)24/h4-11,14-15H,12-13H2,1-3H3,(H,23,25). The van der Waals surface area contributed by atoms with Crippen LogP contribution in [0.2, 0.25) is 0 Å². The van der Waals surface area contributed by atoms with E-state index in [0.29, 0.717) is 27.7 Å². The molecule has 0 radical (unpaired) electrons. The predicted octanol–water partition coefficient (Wildman–Crippen LogP) is 2.86. The lowest BCUT2D eigenvalue weighted by atomic mass is 10.1. The Morgan fingerprint density at radius 1 is 0.964 bits per heavy atom. The molecule has 0 aliphatic heterocycles. The molecule has 0 fully saturated rings. The molecular weight excluding hydrogens is 356 g/mol. The SMILES string of the molecule is CC(C)C(C)NC(=O)COC(=O)Cn1c2ccccc2c(=O)c2ccccc21. The number of amides is 1. The average molecular weight is 380 g/mol. The molecule has 28 heavy (non-hydrogen) atoms. The van der Waals surface area contributed by atoms with E-state index in [2.05, 4.69) is 5.32 Å². The number of pyridine rings is 1. The quantitative estimate of drug-likeness (QED) is 0.527. The van der Waals surface area contributed by atoms with Crippen LogP contribution in [0.15, 0.2) is 53.3 Å². The Labute approximate surface area is 163 Å². The van der Waals surface area contributed by atoms with Crippen LogP contribution in [0.4, 0.5) is 0 Å². The summed E-state index contributed by atoms with van der Waals surface area (Å²) in [5, 5.41) is 3.88. The monoisotopic (exact) mass is 380 g/mol. The molecule has 3 rings (SSSR count). The van der Waals surface area contributed by atoms with Crippen molar-refractivity contribution in [3.63, 3.8) is 0 Å². The number of hydrogen-bond acceptors (Lipinski definition) is 4. The van der Waals surface area contributed by atoms with Gasteiger partial charge in [-0.1, -0.05) is 38.1 Å². The van der Waals surface area contributed by atoms with Gasteiger partial charge in [-0.2, -0.15) is 0 Å². The first-order valence-electron chi connectivity index (χ1n) is 9.33. The molecule has 0 aliphatic carbocycles. The van der Waals surface area contributed by atoms with Gasteiger partial charge in [0.15, 0.2) is 12.0 Å². The third-order valence-corrected chi connectivity index (χ3v) is 4.92. The third-order valence-electron chi connectivity index (χ3n) is 4.92. The zero-order valence-corrected chi connectivity index (χ0v) is 16.3. The van der Waals surface area contributed by atoms with Crippen LogP contribution in [0.5, 0.6) is 0 Å². The van der Waals surface area contributed by atoms with Gasteiger partial charge in [-0.25, -0.2) is 0 Å².